The number of pyridine rings is 1. The summed E-state index contributed by atoms with van der Waals surface area (Å²) in [7, 11) is 0. The van der Waals surface area contributed by atoms with E-state index in [1.807, 2.05) is 62.4 Å². The predicted octanol–water partition coefficient (Wildman–Crippen LogP) is 3.99. The van der Waals surface area contributed by atoms with E-state index in [0.717, 1.165) is 12.0 Å². The van der Waals surface area contributed by atoms with Gasteiger partial charge in [-0.25, -0.2) is 14.6 Å². The van der Waals surface area contributed by atoms with E-state index in [2.05, 4.69) is 10.6 Å². The van der Waals surface area contributed by atoms with Crippen molar-refractivity contribution >= 4 is 28.8 Å². The van der Waals surface area contributed by atoms with Gasteiger partial charge in [0.05, 0.1) is 16.8 Å². The molecule has 0 fully saturated rings. The van der Waals surface area contributed by atoms with E-state index in [-0.39, 0.29) is 6.04 Å². The lowest BCUT2D eigenvalue weighted by Crippen LogP contribution is -2.44. The quantitative estimate of drug-likeness (QED) is 0.589. The molecule has 0 aliphatic heterocycles. The highest BCUT2D eigenvalue weighted by molar-refractivity contribution is 6.07. The topological polar surface area (TPSA) is 97.4 Å². The number of rotatable bonds is 6. The summed E-state index contributed by atoms with van der Waals surface area (Å²) in [6, 6.07) is 16.1. The zero-order valence-electron chi connectivity index (χ0n) is 17.8. The Morgan fingerprint density at radius 1 is 1.03 bits per heavy atom. The molecule has 3 aromatic rings. The van der Waals surface area contributed by atoms with Crippen molar-refractivity contribution in [2.24, 2.45) is 0 Å². The molecule has 0 spiro atoms. The van der Waals surface area contributed by atoms with Crippen LogP contribution in [0.25, 0.3) is 22.2 Å². The van der Waals surface area contributed by atoms with Gasteiger partial charge < -0.3 is 10.1 Å². The van der Waals surface area contributed by atoms with E-state index in [4.69, 9.17) is 9.72 Å². The van der Waals surface area contributed by atoms with Gasteiger partial charge in [-0.05, 0) is 31.9 Å². The lowest BCUT2D eigenvalue weighted by molar-refractivity contribution is -0.123. The van der Waals surface area contributed by atoms with Crippen molar-refractivity contribution in [1.29, 1.82) is 0 Å². The molecule has 31 heavy (non-hydrogen) atoms. The maximum absolute atomic E-state index is 12.9. The molecule has 2 N–H and O–H groups in total. The average molecular weight is 419 g/mol. The van der Waals surface area contributed by atoms with Crippen molar-refractivity contribution in [2.45, 2.75) is 33.2 Å². The summed E-state index contributed by atoms with van der Waals surface area (Å²) in [4.78, 5) is 41.5. The summed E-state index contributed by atoms with van der Waals surface area (Å²) >= 11 is 0. The summed E-state index contributed by atoms with van der Waals surface area (Å²) in [5.74, 6) is -1.35. The number of esters is 1. The second kappa shape index (κ2) is 9.84. The normalized spacial score (nSPS) is 11.6. The van der Waals surface area contributed by atoms with Crippen LogP contribution in [-0.2, 0) is 9.53 Å². The molecule has 7 nitrogen and oxygen atoms in total. The molecule has 160 valence electrons. The van der Waals surface area contributed by atoms with E-state index in [0.29, 0.717) is 27.7 Å². The Morgan fingerprint density at radius 2 is 1.71 bits per heavy atom. The number of urea groups is 1. The number of carbonyl (C=O) groups excluding carboxylic acids is 3. The monoisotopic (exact) mass is 419 g/mol. The molecule has 0 aliphatic carbocycles. The van der Waals surface area contributed by atoms with Crippen molar-refractivity contribution < 1.29 is 19.1 Å². The number of hydrogen-bond donors (Lipinski definition) is 2. The smallest absolute Gasteiger partial charge is 0.339 e. The van der Waals surface area contributed by atoms with Gasteiger partial charge in [0.1, 0.15) is 0 Å². The van der Waals surface area contributed by atoms with Gasteiger partial charge in [0.2, 0.25) is 0 Å². The van der Waals surface area contributed by atoms with Crippen molar-refractivity contribution in [1.82, 2.24) is 15.6 Å². The number of imide groups is 1. The molecule has 0 saturated heterocycles. The molecule has 1 atom stereocenters. The zero-order chi connectivity index (χ0) is 22.4. The van der Waals surface area contributed by atoms with Crippen LogP contribution in [0.2, 0.25) is 0 Å². The van der Waals surface area contributed by atoms with Gasteiger partial charge in [0, 0.05) is 17.0 Å². The number of nitrogens with zero attached hydrogens (tertiary/aromatic N) is 1. The Labute approximate surface area is 180 Å². The van der Waals surface area contributed by atoms with E-state index >= 15 is 0 Å². The molecule has 0 radical (unpaired) electrons. The lowest BCUT2D eigenvalue weighted by atomic mass is 9.98. The minimum atomic E-state index is -0.701. The highest BCUT2D eigenvalue weighted by Gasteiger charge is 2.21. The van der Waals surface area contributed by atoms with Gasteiger partial charge in [-0.3, -0.25) is 10.1 Å². The number of aromatic nitrogens is 1. The number of para-hydroxylation sites is 1. The lowest BCUT2D eigenvalue weighted by Gasteiger charge is -2.14. The van der Waals surface area contributed by atoms with E-state index in [1.54, 1.807) is 13.0 Å². The Bertz CT molecular complexity index is 1110. The largest absolute Gasteiger partial charge is 0.452 e. The van der Waals surface area contributed by atoms with Crippen LogP contribution < -0.4 is 10.6 Å². The van der Waals surface area contributed by atoms with Crippen LogP contribution in [0.3, 0.4) is 0 Å². The number of amides is 3. The zero-order valence-corrected chi connectivity index (χ0v) is 17.8. The molecule has 1 heterocycles. The Balaban J connectivity index is 1.83. The van der Waals surface area contributed by atoms with Crippen LogP contribution in [0.15, 0.2) is 54.6 Å². The maximum atomic E-state index is 12.9. The number of carbonyl (C=O) groups is 3. The second-order valence-corrected chi connectivity index (χ2v) is 7.25. The molecular formula is C24H25N3O4. The predicted molar refractivity (Wildman–Crippen MR) is 119 cm³/mol. The SMILES string of the molecule is CC[C@H](C)NC(=O)NC(=O)COC(=O)c1c(C)c(-c2ccccc2)nc2ccccc12. The molecule has 3 amide bonds. The molecule has 0 saturated carbocycles. The van der Waals surface area contributed by atoms with Crippen molar-refractivity contribution in [3.05, 3.63) is 65.7 Å². The van der Waals surface area contributed by atoms with Crippen molar-refractivity contribution in [3.63, 3.8) is 0 Å². The van der Waals surface area contributed by atoms with Crippen molar-refractivity contribution in [2.75, 3.05) is 6.61 Å². The standard InChI is InChI=1S/C24H25N3O4/c1-4-15(2)25-24(30)27-20(28)14-31-23(29)21-16(3)22(17-10-6-5-7-11-17)26-19-13-9-8-12-18(19)21/h5-13,15H,4,14H2,1-3H3,(H2,25,27,28,30)/t15-/m0/s1. The van der Waals surface area contributed by atoms with Gasteiger partial charge in [-0.15, -0.1) is 0 Å². The Hall–Kier alpha value is -3.74. The fraction of sp³-hybridized carbons (Fsp3) is 0.250. The van der Waals surface area contributed by atoms with Gasteiger partial charge in [-0.2, -0.15) is 0 Å². The van der Waals surface area contributed by atoms with Crippen LogP contribution >= 0.6 is 0 Å². The highest BCUT2D eigenvalue weighted by atomic mass is 16.5. The van der Waals surface area contributed by atoms with Crippen LogP contribution in [-0.4, -0.2) is 35.5 Å². The number of nitrogens with one attached hydrogen (secondary N) is 2. The van der Waals surface area contributed by atoms with Gasteiger partial charge in [-0.1, -0.05) is 55.5 Å². The van der Waals surface area contributed by atoms with Crippen LogP contribution in [0.4, 0.5) is 4.79 Å². The van der Waals surface area contributed by atoms with E-state index < -0.39 is 24.5 Å². The minimum Gasteiger partial charge on any atom is -0.452 e. The fourth-order valence-electron chi connectivity index (χ4n) is 3.18. The van der Waals surface area contributed by atoms with Crippen LogP contribution in [0.1, 0.15) is 36.2 Å². The minimum absolute atomic E-state index is 0.0717. The molecule has 2 aromatic carbocycles. The first kappa shape index (κ1) is 22.0. The third-order valence-electron chi connectivity index (χ3n) is 4.96. The summed E-state index contributed by atoms with van der Waals surface area (Å²) < 4.78 is 5.24. The third kappa shape index (κ3) is 5.25. The first-order valence-electron chi connectivity index (χ1n) is 10.1. The molecule has 0 unspecified atom stereocenters. The molecule has 3 rings (SSSR count). The van der Waals surface area contributed by atoms with E-state index in [9.17, 15) is 14.4 Å². The molecule has 0 aliphatic rings. The van der Waals surface area contributed by atoms with Gasteiger partial charge >= 0.3 is 12.0 Å². The maximum Gasteiger partial charge on any atom is 0.339 e. The van der Waals surface area contributed by atoms with Crippen LogP contribution in [0, 0.1) is 6.92 Å². The highest BCUT2D eigenvalue weighted by Crippen LogP contribution is 2.30. The average Bonchev–Trinajstić information content (AvgIpc) is 2.77. The summed E-state index contributed by atoms with van der Waals surface area (Å²) in [6.07, 6.45) is 0.731. The molecule has 0 bridgehead atoms. The molecule has 1 aromatic heterocycles. The van der Waals surface area contributed by atoms with Crippen LogP contribution in [0.5, 0.6) is 0 Å². The first-order valence-corrected chi connectivity index (χ1v) is 10.1. The number of ether oxygens (including phenoxy) is 1. The fourth-order valence-corrected chi connectivity index (χ4v) is 3.18. The van der Waals surface area contributed by atoms with Gasteiger partial charge in [0.25, 0.3) is 5.91 Å². The first-order chi connectivity index (χ1) is 14.9. The summed E-state index contributed by atoms with van der Waals surface area (Å²) in [6.45, 7) is 4.98. The number of benzene rings is 2. The third-order valence-corrected chi connectivity index (χ3v) is 4.96. The molecule has 7 heteroatoms. The Morgan fingerprint density at radius 3 is 2.42 bits per heavy atom. The summed E-state index contributed by atoms with van der Waals surface area (Å²) in [5.41, 5.74) is 3.20. The molecular weight excluding hydrogens is 394 g/mol. The summed E-state index contributed by atoms with van der Waals surface area (Å²) in [5, 5.41) is 5.42. The van der Waals surface area contributed by atoms with E-state index in [1.165, 1.54) is 0 Å². The Kier molecular flexibility index (Phi) is 6.97. The second-order valence-electron chi connectivity index (χ2n) is 7.25. The van der Waals surface area contributed by atoms with Crippen molar-refractivity contribution in [3.8, 4) is 11.3 Å². The van der Waals surface area contributed by atoms with Gasteiger partial charge in [0.15, 0.2) is 6.61 Å². The number of fused-ring (bicyclic) bond motifs is 1. The number of hydrogen-bond acceptors (Lipinski definition) is 5.